The Balaban J connectivity index is 2.99. The lowest BCUT2D eigenvalue weighted by Crippen LogP contribution is -2.31. The monoisotopic (exact) mass is 306 g/mol. The molecule has 1 rings (SSSR count). The van der Waals surface area contributed by atoms with Crippen LogP contribution in [0.3, 0.4) is 0 Å². The number of nitrogens with zero attached hydrogens (tertiary/aromatic N) is 2. The van der Waals surface area contributed by atoms with Crippen LogP contribution in [-0.4, -0.2) is 30.5 Å². The fourth-order valence-electron chi connectivity index (χ4n) is 1.31. The van der Waals surface area contributed by atoms with Crippen LogP contribution in [0.15, 0.2) is 22.9 Å². The summed E-state index contributed by atoms with van der Waals surface area (Å²) in [5.41, 5.74) is 0.869. The van der Waals surface area contributed by atoms with Gasteiger partial charge in [-0.1, -0.05) is 0 Å². The summed E-state index contributed by atoms with van der Waals surface area (Å²) in [6.45, 7) is 3.48. The summed E-state index contributed by atoms with van der Waals surface area (Å²) >= 11 is 3.32. The highest BCUT2D eigenvalue weighted by molar-refractivity contribution is 9.10. The van der Waals surface area contributed by atoms with Crippen molar-refractivity contribution in [2.24, 2.45) is 0 Å². The van der Waals surface area contributed by atoms with Gasteiger partial charge in [-0.05, 0) is 41.4 Å². The number of sulfonamides is 1. The van der Waals surface area contributed by atoms with Crippen molar-refractivity contribution in [3.8, 4) is 0 Å². The molecule has 0 saturated carbocycles. The maximum absolute atomic E-state index is 11.7. The van der Waals surface area contributed by atoms with E-state index in [0.717, 1.165) is 10.0 Å². The second-order valence-corrected chi connectivity index (χ2v) is 6.76. The topological polar surface area (TPSA) is 50.3 Å². The fourth-order valence-corrected chi connectivity index (χ4v) is 2.70. The highest BCUT2D eigenvalue weighted by Gasteiger charge is 2.22. The number of hydrogen-bond acceptors (Lipinski definition) is 3. The first-order valence-electron chi connectivity index (χ1n) is 4.94. The van der Waals surface area contributed by atoms with Crippen LogP contribution in [0.4, 0.5) is 0 Å². The lowest BCUT2D eigenvalue weighted by Gasteiger charge is -2.23. The molecule has 0 saturated heterocycles. The zero-order valence-corrected chi connectivity index (χ0v) is 11.9. The molecule has 0 bridgehead atoms. The second kappa shape index (κ2) is 5.25. The molecular weight excluding hydrogens is 292 g/mol. The quantitative estimate of drug-likeness (QED) is 0.857. The second-order valence-electron chi connectivity index (χ2n) is 3.53. The SMILES string of the molecule is CCS(=O)(=O)N(C)[C@@H](C)c1cncc(Br)c1. The van der Waals surface area contributed by atoms with Crippen LogP contribution in [-0.2, 0) is 10.0 Å². The molecule has 1 atom stereocenters. The molecule has 1 aromatic heterocycles. The summed E-state index contributed by atoms with van der Waals surface area (Å²) in [5.74, 6) is 0.106. The molecule has 4 nitrogen and oxygen atoms in total. The van der Waals surface area contributed by atoms with Gasteiger partial charge in [0.05, 0.1) is 5.75 Å². The molecule has 0 N–H and O–H groups in total. The van der Waals surface area contributed by atoms with E-state index >= 15 is 0 Å². The largest absolute Gasteiger partial charge is 0.263 e. The third kappa shape index (κ3) is 3.02. The van der Waals surface area contributed by atoms with E-state index in [0.29, 0.717) is 0 Å². The lowest BCUT2D eigenvalue weighted by molar-refractivity contribution is 0.398. The summed E-state index contributed by atoms with van der Waals surface area (Å²) in [6, 6.07) is 1.66. The highest BCUT2D eigenvalue weighted by Crippen LogP contribution is 2.23. The van der Waals surface area contributed by atoms with Crippen LogP contribution in [0, 0.1) is 0 Å². The molecule has 0 radical (unpaired) electrons. The summed E-state index contributed by atoms with van der Waals surface area (Å²) in [4.78, 5) is 4.03. The summed E-state index contributed by atoms with van der Waals surface area (Å²) in [6.07, 6.45) is 3.35. The van der Waals surface area contributed by atoms with Crippen molar-refractivity contribution in [1.29, 1.82) is 0 Å². The Morgan fingerprint density at radius 2 is 2.12 bits per heavy atom. The normalized spacial score (nSPS) is 14.1. The van der Waals surface area contributed by atoms with Crippen molar-refractivity contribution in [1.82, 2.24) is 9.29 Å². The van der Waals surface area contributed by atoms with E-state index in [4.69, 9.17) is 0 Å². The zero-order valence-electron chi connectivity index (χ0n) is 9.51. The molecule has 6 heteroatoms. The fraction of sp³-hybridized carbons (Fsp3) is 0.500. The first-order chi connectivity index (χ1) is 7.38. The van der Waals surface area contributed by atoms with E-state index in [1.807, 2.05) is 13.0 Å². The van der Waals surface area contributed by atoms with Crippen molar-refractivity contribution in [3.05, 3.63) is 28.5 Å². The summed E-state index contributed by atoms with van der Waals surface area (Å²) in [5, 5.41) is 0. The van der Waals surface area contributed by atoms with Gasteiger partial charge in [0, 0.05) is 30.0 Å². The minimum absolute atomic E-state index is 0.106. The molecule has 0 spiro atoms. The maximum atomic E-state index is 11.7. The van der Waals surface area contributed by atoms with Gasteiger partial charge in [0.2, 0.25) is 10.0 Å². The van der Waals surface area contributed by atoms with E-state index < -0.39 is 10.0 Å². The van der Waals surface area contributed by atoms with E-state index in [-0.39, 0.29) is 11.8 Å². The number of aromatic nitrogens is 1. The number of rotatable bonds is 4. The molecule has 90 valence electrons. The molecule has 0 aliphatic heterocycles. The standard InChI is InChI=1S/C10H15BrN2O2S/c1-4-16(14,15)13(3)8(2)9-5-10(11)7-12-6-9/h5-8H,4H2,1-3H3/t8-/m0/s1. The van der Waals surface area contributed by atoms with Gasteiger partial charge in [-0.2, -0.15) is 4.31 Å². The molecule has 0 aliphatic carbocycles. The van der Waals surface area contributed by atoms with Crippen molar-refractivity contribution in [2.75, 3.05) is 12.8 Å². The molecule has 0 amide bonds. The van der Waals surface area contributed by atoms with Crippen LogP contribution in [0.5, 0.6) is 0 Å². The molecule has 0 aromatic carbocycles. The predicted molar refractivity (Wildman–Crippen MR) is 67.6 cm³/mol. The average Bonchev–Trinajstić information content (AvgIpc) is 2.27. The predicted octanol–water partition coefficient (Wildman–Crippen LogP) is 2.19. The number of pyridine rings is 1. The summed E-state index contributed by atoms with van der Waals surface area (Å²) < 4.78 is 25.6. The van der Waals surface area contributed by atoms with Crippen molar-refractivity contribution >= 4 is 26.0 Å². The Labute approximate surface area is 105 Å². The lowest BCUT2D eigenvalue weighted by atomic mass is 10.1. The van der Waals surface area contributed by atoms with Crippen molar-refractivity contribution in [3.63, 3.8) is 0 Å². The molecule has 1 aromatic rings. The third-order valence-corrected chi connectivity index (χ3v) is 4.91. The molecule has 1 heterocycles. The molecular formula is C10H15BrN2O2S. The molecule has 0 aliphatic rings. The Morgan fingerprint density at radius 1 is 1.50 bits per heavy atom. The Hall–Kier alpha value is -0.460. The van der Waals surface area contributed by atoms with Crippen molar-refractivity contribution in [2.45, 2.75) is 19.9 Å². The van der Waals surface area contributed by atoms with Gasteiger partial charge in [-0.15, -0.1) is 0 Å². The Bertz CT molecular complexity index is 462. The van der Waals surface area contributed by atoms with E-state index in [1.54, 1.807) is 26.4 Å². The van der Waals surface area contributed by atoms with E-state index in [9.17, 15) is 8.42 Å². The van der Waals surface area contributed by atoms with Crippen LogP contribution in [0.25, 0.3) is 0 Å². The Morgan fingerprint density at radius 3 is 2.62 bits per heavy atom. The maximum Gasteiger partial charge on any atom is 0.214 e. The number of hydrogen-bond donors (Lipinski definition) is 0. The van der Waals surface area contributed by atoms with Gasteiger partial charge in [-0.3, -0.25) is 4.98 Å². The third-order valence-electron chi connectivity index (χ3n) is 2.56. The number of halogens is 1. The highest BCUT2D eigenvalue weighted by atomic mass is 79.9. The average molecular weight is 307 g/mol. The van der Waals surface area contributed by atoms with Crippen LogP contribution < -0.4 is 0 Å². The first kappa shape index (κ1) is 13.6. The summed E-state index contributed by atoms with van der Waals surface area (Å²) in [7, 11) is -1.58. The molecule has 0 fully saturated rings. The molecule has 0 unspecified atom stereocenters. The van der Waals surface area contributed by atoms with E-state index in [1.165, 1.54) is 4.31 Å². The minimum Gasteiger partial charge on any atom is -0.263 e. The van der Waals surface area contributed by atoms with Gasteiger partial charge >= 0.3 is 0 Å². The van der Waals surface area contributed by atoms with Crippen LogP contribution >= 0.6 is 15.9 Å². The van der Waals surface area contributed by atoms with Crippen LogP contribution in [0.2, 0.25) is 0 Å². The Kier molecular flexibility index (Phi) is 4.46. The van der Waals surface area contributed by atoms with Crippen molar-refractivity contribution < 1.29 is 8.42 Å². The van der Waals surface area contributed by atoms with Gasteiger partial charge in [0.25, 0.3) is 0 Å². The smallest absolute Gasteiger partial charge is 0.214 e. The van der Waals surface area contributed by atoms with Gasteiger partial charge in [0.1, 0.15) is 0 Å². The van der Waals surface area contributed by atoms with Gasteiger partial charge in [-0.25, -0.2) is 8.42 Å². The van der Waals surface area contributed by atoms with Gasteiger partial charge < -0.3 is 0 Å². The first-order valence-corrected chi connectivity index (χ1v) is 7.35. The zero-order chi connectivity index (χ0) is 12.3. The van der Waals surface area contributed by atoms with E-state index in [2.05, 4.69) is 20.9 Å². The molecule has 16 heavy (non-hydrogen) atoms. The van der Waals surface area contributed by atoms with Gasteiger partial charge in [0.15, 0.2) is 0 Å². The van der Waals surface area contributed by atoms with Crippen LogP contribution in [0.1, 0.15) is 25.5 Å². The minimum atomic E-state index is -3.17.